The van der Waals surface area contributed by atoms with Crippen LogP contribution < -0.4 is 5.73 Å². The minimum Gasteiger partial charge on any atom is -0.384 e. The zero-order valence-corrected chi connectivity index (χ0v) is 6.54. The monoisotopic (exact) mass is 149 g/mol. The van der Waals surface area contributed by atoms with Gasteiger partial charge in [0, 0.05) is 6.42 Å². The molecule has 0 saturated carbocycles. The van der Waals surface area contributed by atoms with E-state index >= 15 is 0 Å². The smallest absolute Gasteiger partial charge is 0.121 e. The van der Waals surface area contributed by atoms with Crippen molar-refractivity contribution in [2.45, 2.75) is 19.9 Å². The SMILES string of the molecule is CC#CCCn1nccc1N. The molecule has 0 aromatic carbocycles. The van der Waals surface area contributed by atoms with Crippen molar-refractivity contribution in [2.24, 2.45) is 0 Å². The molecule has 58 valence electrons. The van der Waals surface area contributed by atoms with Gasteiger partial charge in [0.2, 0.25) is 0 Å². The van der Waals surface area contributed by atoms with E-state index < -0.39 is 0 Å². The molecule has 3 nitrogen and oxygen atoms in total. The lowest BCUT2D eigenvalue weighted by Gasteiger charge is -1.98. The molecule has 0 saturated heterocycles. The molecule has 0 radical (unpaired) electrons. The number of rotatable bonds is 2. The van der Waals surface area contributed by atoms with Crippen LogP contribution in [0.4, 0.5) is 5.82 Å². The summed E-state index contributed by atoms with van der Waals surface area (Å²) >= 11 is 0. The lowest BCUT2D eigenvalue weighted by atomic mass is 10.4. The summed E-state index contributed by atoms with van der Waals surface area (Å²) in [5.41, 5.74) is 5.58. The minimum absolute atomic E-state index is 0.697. The van der Waals surface area contributed by atoms with Gasteiger partial charge in [-0.25, -0.2) is 4.68 Å². The van der Waals surface area contributed by atoms with Crippen molar-refractivity contribution in [1.29, 1.82) is 0 Å². The molecule has 0 aliphatic carbocycles. The van der Waals surface area contributed by atoms with Crippen LogP contribution in [0, 0.1) is 11.8 Å². The van der Waals surface area contributed by atoms with E-state index in [0.717, 1.165) is 13.0 Å². The third-order valence-corrected chi connectivity index (χ3v) is 1.37. The van der Waals surface area contributed by atoms with E-state index in [0.29, 0.717) is 5.82 Å². The number of hydrogen-bond donors (Lipinski definition) is 1. The normalized spacial score (nSPS) is 8.82. The molecule has 0 bridgehead atoms. The van der Waals surface area contributed by atoms with Crippen molar-refractivity contribution in [3.05, 3.63) is 12.3 Å². The average Bonchev–Trinajstić information content (AvgIpc) is 2.37. The standard InChI is InChI=1S/C8H11N3/c1-2-3-4-7-11-8(9)5-6-10-11/h5-6H,4,7,9H2,1H3. The molecular weight excluding hydrogens is 138 g/mol. The Morgan fingerprint density at radius 3 is 3.09 bits per heavy atom. The van der Waals surface area contributed by atoms with Crippen molar-refractivity contribution in [2.75, 3.05) is 5.73 Å². The second-order valence-electron chi connectivity index (χ2n) is 2.16. The van der Waals surface area contributed by atoms with E-state index in [4.69, 9.17) is 5.73 Å². The van der Waals surface area contributed by atoms with Gasteiger partial charge in [0.25, 0.3) is 0 Å². The topological polar surface area (TPSA) is 43.8 Å². The second-order valence-corrected chi connectivity index (χ2v) is 2.16. The van der Waals surface area contributed by atoms with Gasteiger partial charge in [-0.2, -0.15) is 5.10 Å². The van der Waals surface area contributed by atoms with Gasteiger partial charge in [-0.1, -0.05) is 0 Å². The van der Waals surface area contributed by atoms with Crippen LogP contribution in [0.1, 0.15) is 13.3 Å². The van der Waals surface area contributed by atoms with E-state index in [1.807, 2.05) is 6.92 Å². The Labute approximate surface area is 66.2 Å². The molecule has 0 atom stereocenters. The number of nitrogens with zero attached hydrogens (tertiary/aromatic N) is 2. The number of nitrogen functional groups attached to an aromatic ring is 1. The summed E-state index contributed by atoms with van der Waals surface area (Å²) in [5, 5.41) is 4.01. The molecule has 2 N–H and O–H groups in total. The summed E-state index contributed by atoms with van der Waals surface area (Å²) in [4.78, 5) is 0. The van der Waals surface area contributed by atoms with Crippen LogP contribution in [0.3, 0.4) is 0 Å². The Hall–Kier alpha value is -1.43. The van der Waals surface area contributed by atoms with Crippen molar-refractivity contribution in [1.82, 2.24) is 9.78 Å². The summed E-state index contributed by atoms with van der Waals surface area (Å²) in [6.45, 7) is 2.60. The van der Waals surface area contributed by atoms with E-state index in [1.54, 1.807) is 16.9 Å². The summed E-state index contributed by atoms with van der Waals surface area (Å²) in [5.74, 6) is 6.46. The highest BCUT2D eigenvalue weighted by atomic mass is 15.3. The predicted molar refractivity (Wildman–Crippen MR) is 44.7 cm³/mol. The molecule has 0 aliphatic heterocycles. The zero-order valence-electron chi connectivity index (χ0n) is 6.54. The summed E-state index contributed by atoms with van der Waals surface area (Å²) < 4.78 is 1.74. The number of hydrogen-bond acceptors (Lipinski definition) is 2. The largest absolute Gasteiger partial charge is 0.384 e. The number of anilines is 1. The van der Waals surface area contributed by atoms with Crippen LogP contribution in [-0.2, 0) is 6.54 Å². The lowest BCUT2D eigenvalue weighted by molar-refractivity contribution is 0.639. The summed E-state index contributed by atoms with van der Waals surface area (Å²) in [6, 6.07) is 1.78. The molecule has 0 aliphatic rings. The zero-order chi connectivity index (χ0) is 8.10. The molecule has 1 aromatic heterocycles. The van der Waals surface area contributed by atoms with Crippen molar-refractivity contribution >= 4 is 5.82 Å². The first-order chi connectivity index (χ1) is 5.34. The van der Waals surface area contributed by atoms with Crippen LogP contribution in [-0.4, -0.2) is 9.78 Å². The molecule has 3 heteroatoms. The Morgan fingerprint density at radius 1 is 1.73 bits per heavy atom. The maximum absolute atomic E-state index is 5.58. The average molecular weight is 149 g/mol. The number of aryl methyl sites for hydroxylation is 1. The van der Waals surface area contributed by atoms with Gasteiger partial charge in [-0.15, -0.1) is 11.8 Å². The molecule has 1 heterocycles. The Bertz CT molecular complexity index is 277. The number of aromatic nitrogens is 2. The molecule has 0 fully saturated rings. The molecule has 1 rings (SSSR count). The predicted octanol–water partition coefficient (Wildman–Crippen LogP) is 0.879. The molecule has 0 unspecified atom stereocenters. The van der Waals surface area contributed by atoms with Gasteiger partial charge in [0.15, 0.2) is 0 Å². The third kappa shape index (κ3) is 2.01. The third-order valence-electron chi connectivity index (χ3n) is 1.37. The van der Waals surface area contributed by atoms with E-state index in [1.165, 1.54) is 0 Å². The molecule has 11 heavy (non-hydrogen) atoms. The Balaban J connectivity index is 2.48. The van der Waals surface area contributed by atoms with Crippen molar-refractivity contribution in [3.8, 4) is 11.8 Å². The Morgan fingerprint density at radius 2 is 2.55 bits per heavy atom. The highest BCUT2D eigenvalue weighted by molar-refractivity contribution is 5.25. The van der Waals surface area contributed by atoms with Gasteiger partial charge >= 0.3 is 0 Å². The Kier molecular flexibility index (Phi) is 2.56. The quantitative estimate of drug-likeness (QED) is 0.634. The van der Waals surface area contributed by atoms with Crippen LogP contribution in [0.15, 0.2) is 12.3 Å². The maximum Gasteiger partial charge on any atom is 0.121 e. The fourth-order valence-corrected chi connectivity index (χ4v) is 0.817. The van der Waals surface area contributed by atoms with E-state index in [9.17, 15) is 0 Å². The van der Waals surface area contributed by atoms with E-state index in [2.05, 4.69) is 16.9 Å². The second kappa shape index (κ2) is 3.67. The van der Waals surface area contributed by atoms with Crippen LogP contribution in [0.2, 0.25) is 0 Å². The van der Waals surface area contributed by atoms with Crippen LogP contribution in [0.5, 0.6) is 0 Å². The summed E-state index contributed by atoms with van der Waals surface area (Å²) in [7, 11) is 0. The molecule has 0 amide bonds. The number of nitrogens with two attached hydrogens (primary N) is 1. The first-order valence-corrected chi connectivity index (χ1v) is 3.51. The van der Waals surface area contributed by atoms with E-state index in [-0.39, 0.29) is 0 Å². The van der Waals surface area contributed by atoms with Crippen molar-refractivity contribution in [3.63, 3.8) is 0 Å². The summed E-state index contributed by atoms with van der Waals surface area (Å²) in [6.07, 6.45) is 2.50. The maximum atomic E-state index is 5.58. The van der Waals surface area contributed by atoms with Crippen LogP contribution in [0.25, 0.3) is 0 Å². The highest BCUT2D eigenvalue weighted by Gasteiger charge is 1.93. The van der Waals surface area contributed by atoms with Crippen LogP contribution >= 0.6 is 0 Å². The van der Waals surface area contributed by atoms with Gasteiger partial charge in [-0.3, -0.25) is 0 Å². The van der Waals surface area contributed by atoms with Gasteiger partial charge in [0.05, 0.1) is 12.7 Å². The molecular formula is C8H11N3. The lowest BCUT2D eigenvalue weighted by Crippen LogP contribution is -2.03. The first-order valence-electron chi connectivity index (χ1n) is 3.51. The minimum atomic E-state index is 0.697. The highest BCUT2D eigenvalue weighted by Crippen LogP contribution is 1.99. The van der Waals surface area contributed by atoms with Gasteiger partial charge in [0.1, 0.15) is 5.82 Å². The van der Waals surface area contributed by atoms with Crippen molar-refractivity contribution < 1.29 is 0 Å². The van der Waals surface area contributed by atoms with Gasteiger partial charge in [-0.05, 0) is 13.0 Å². The molecule has 0 spiro atoms. The fraction of sp³-hybridized carbons (Fsp3) is 0.375. The first kappa shape index (κ1) is 7.67. The molecule has 1 aromatic rings. The van der Waals surface area contributed by atoms with Gasteiger partial charge < -0.3 is 5.73 Å². The fourth-order valence-electron chi connectivity index (χ4n) is 0.817.